The Labute approximate surface area is 175 Å². The first-order valence-corrected chi connectivity index (χ1v) is 11.0. The van der Waals surface area contributed by atoms with Crippen LogP contribution in [0.2, 0.25) is 0 Å². The van der Waals surface area contributed by atoms with Gasteiger partial charge in [-0.15, -0.1) is 0 Å². The third-order valence-corrected chi connectivity index (χ3v) is 6.49. The van der Waals surface area contributed by atoms with Gasteiger partial charge < -0.3 is 24.1 Å². The predicted octanol–water partition coefficient (Wildman–Crippen LogP) is 1.92. The lowest BCUT2D eigenvalue weighted by atomic mass is 9.98. The molecule has 2 aromatic carbocycles. The monoisotopic (exact) mass is 436 g/mol. The number of hydrogen-bond donors (Lipinski definition) is 1. The molecule has 2 aliphatic heterocycles. The summed E-state index contributed by atoms with van der Waals surface area (Å²) in [6, 6.07) is 15.5. The first kappa shape index (κ1) is 21.4. The molecule has 6 atom stereocenters. The highest BCUT2D eigenvalue weighted by Crippen LogP contribution is 2.36. The number of aliphatic hydroxyl groups is 1. The Morgan fingerprint density at radius 2 is 1.73 bits per heavy atom. The Balaban J connectivity index is 1.55. The highest BCUT2D eigenvalue weighted by Gasteiger charge is 2.51. The summed E-state index contributed by atoms with van der Waals surface area (Å²) in [4.78, 5) is -0.0210. The maximum absolute atomic E-state index is 12.8. The van der Waals surface area contributed by atoms with E-state index in [1.807, 2.05) is 37.3 Å². The molecule has 1 N–H and O–H groups in total. The fraction of sp³-hybridized carbons (Fsp3) is 0.429. The quantitative estimate of drug-likeness (QED) is 0.710. The molecule has 2 fully saturated rings. The van der Waals surface area contributed by atoms with Gasteiger partial charge in [-0.25, -0.2) is 0 Å². The van der Waals surface area contributed by atoms with E-state index in [2.05, 4.69) is 0 Å². The summed E-state index contributed by atoms with van der Waals surface area (Å²) in [7, 11) is -2.81. The summed E-state index contributed by atoms with van der Waals surface area (Å²) in [5, 5.41) is 11.0. The molecule has 2 aromatic rings. The third-order valence-electron chi connectivity index (χ3n) is 5.16. The molecular formula is C21H24O8S. The molecule has 1 unspecified atom stereocenters. The summed E-state index contributed by atoms with van der Waals surface area (Å²) in [6.45, 7) is 2.00. The smallest absolute Gasteiger partial charge is 0.297 e. The summed E-state index contributed by atoms with van der Waals surface area (Å²) < 4.78 is 53.5. The lowest BCUT2D eigenvalue weighted by Crippen LogP contribution is -2.63. The van der Waals surface area contributed by atoms with Crippen LogP contribution in [0.25, 0.3) is 0 Å². The van der Waals surface area contributed by atoms with Crippen molar-refractivity contribution in [3.05, 3.63) is 65.7 Å². The van der Waals surface area contributed by atoms with E-state index in [1.54, 1.807) is 12.1 Å². The second-order valence-electron chi connectivity index (χ2n) is 7.27. The number of benzene rings is 2. The van der Waals surface area contributed by atoms with Gasteiger partial charge in [0.15, 0.2) is 18.7 Å². The van der Waals surface area contributed by atoms with Crippen LogP contribution in [0.4, 0.5) is 0 Å². The molecule has 2 heterocycles. The zero-order valence-electron chi connectivity index (χ0n) is 16.6. The van der Waals surface area contributed by atoms with Gasteiger partial charge in [-0.2, -0.15) is 8.42 Å². The van der Waals surface area contributed by atoms with Crippen LogP contribution >= 0.6 is 0 Å². The van der Waals surface area contributed by atoms with E-state index >= 15 is 0 Å². The van der Waals surface area contributed by atoms with Crippen molar-refractivity contribution in [2.24, 2.45) is 0 Å². The summed E-state index contributed by atoms with van der Waals surface area (Å²) >= 11 is 0. The second kappa shape index (κ2) is 8.72. The van der Waals surface area contributed by atoms with Crippen LogP contribution in [0.1, 0.15) is 17.4 Å². The van der Waals surface area contributed by atoms with Gasteiger partial charge in [0.2, 0.25) is 0 Å². The molecule has 0 bridgehead atoms. The first-order valence-electron chi connectivity index (χ1n) is 9.57. The molecule has 2 saturated heterocycles. The number of hydrogen-bond acceptors (Lipinski definition) is 8. The Hall–Kier alpha value is -1.85. The largest absolute Gasteiger partial charge is 0.387 e. The maximum atomic E-state index is 12.8. The molecule has 9 heteroatoms. The van der Waals surface area contributed by atoms with Crippen molar-refractivity contribution in [2.45, 2.75) is 48.8 Å². The van der Waals surface area contributed by atoms with E-state index in [4.69, 9.17) is 23.1 Å². The lowest BCUT2D eigenvalue weighted by molar-refractivity contribution is -0.354. The number of methoxy groups -OCH3 is 1. The van der Waals surface area contributed by atoms with E-state index in [9.17, 15) is 13.5 Å². The zero-order valence-corrected chi connectivity index (χ0v) is 17.4. The summed E-state index contributed by atoms with van der Waals surface area (Å²) in [6.07, 6.45) is -5.93. The number of aryl methyl sites for hydroxylation is 1. The van der Waals surface area contributed by atoms with Crippen molar-refractivity contribution < 1.29 is 36.7 Å². The van der Waals surface area contributed by atoms with E-state index in [1.165, 1.54) is 19.2 Å². The minimum atomic E-state index is -4.16. The Morgan fingerprint density at radius 1 is 1.03 bits per heavy atom. The molecule has 2 aliphatic rings. The minimum absolute atomic E-state index is 0.0210. The molecule has 0 amide bonds. The number of ether oxygens (including phenoxy) is 4. The molecule has 162 valence electrons. The van der Waals surface area contributed by atoms with Gasteiger partial charge in [-0.3, -0.25) is 4.18 Å². The van der Waals surface area contributed by atoms with Crippen molar-refractivity contribution >= 4 is 10.1 Å². The Bertz CT molecular complexity index is 947. The van der Waals surface area contributed by atoms with Gasteiger partial charge in [0.25, 0.3) is 10.1 Å². The lowest BCUT2D eigenvalue weighted by Gasteiger charge is -2.46. The van der Waals surface area contributed by atoms with E-state index < -0.39 is 47.1 Å². The van der Waals surface area contributed by atoms with Gasteiger partial charge in [-0.1, -0.05) is 48.0 Å². The zero-order chi connectivity index (χ0) is 21.3. The Kier molecular flexibility index (Phi) is 6.21. The first-order chi connectivity index (χ1) is 14.4. The minimum Gasteiger partial charge on any atom is -0.387 e. The molecular weight excluding hydrogens is 412 g/mol. The molecule has 0 saturated carbocycles. The normalized spacial score (nSPS) is 31.8. The van der Waals surface area contributed by atoms with Gasteiger partial charge in [0.1, 0.15) is 18.3 Å². The van der Waals surface area contributed by atoms with Gasteiger partial charge in [0.05, 0.1) is 11.5 Å². The fourth-order valence-corrected chi connectivity index (χ4v) is 4.62. The highest BCUT2D eigenvalue weighted by molar-refractivity contribution is 7.86. The number of rotatable bonds is 5. The SMILES string of the molecule is CO[C@H]1O[C@@H]2COC(c3ccccc3)O[C@H]2[C@@H](O)[C@H]1OS(=O)(=O)c1ccc(C)cc1. The van der Waals surface area contributed by atoms with Crippen molar-refractivity contribution in [3.8, 4) is 0 Å². The third kappa shape index (κ3) is 4.28. The second-order valence-corrected chi connectivity index (χ2v) is 8.85. The Morgan fingerprint density at radius 3 is 2.40 bits per heavy atom. The number of aliphatic hydroxyl groups excluding tert-OH is 1. The van der Waals surface area contributed by atoms with Gasteiger partial charge in [0, 0.05) is 12.7 Å². The molecule has 4 rings (SSSR count). The average Bonchev–Trinajstić information content (AvgIpc) is 2.76. The van der Waals surface area contributed by atoms with E-state index in [-0.39, 0.29) is 11.5 Å². The van der Waals surface area contributed by atoms with Crippen LogP contribution in [0.15, 0.2) is 59.5 Å². The van der Waals surface area contributed by atoms with Gasteiger partial charge >= 0.3 is 0 Å². The molecule has 0 aromatic heterocycles. The predicted molar refractivity (Wildman–Crippen MR) is 105 cm³/mol. The molecule has 8 nitrogen and oxygen atoms in total. The molecule has 0 aliphatic carbocycles. The standard InChI is InChI=1S/C21H24O8S/c1-13-8-10-15(11-9-13)30(23,24)29-19-17(22)18-16(27-21(19)25-2)12-26-20(28-18)14-6-4-3-5-7-14/h3-11,16-22H,12H2,1-2H3/t16-,17-,18-,19-,20?,21+/m1/s1. The molecule has 0 radical (unpaired) electrons. The maximum Gasteiger partial charge on any atom is 0.297 e. The van der Waals surface area contributed by atoms with Crippen molar-refractivity contribution in [3.63, 3.8) is 0 Å². The van der Waals surface area contributed by atoms with Crippen molar-refractivity contribution in [1.29, 1.82) is 0 Å². The number of fused-ring (bicyclic) bond motifs is 1. The van der Waals surface area contributed by atoms with Crippen LogP contribution in [0.3, 0.4) is 0 Å². The summed E-state index contributed by atoms with van der Waals surface area (Å²) in [5.41, 5.74) is 1.69. The van der Waals surface area contributed by atoms with E-state index in [0.717, 1.165) is 11.1 Å². The highest BCUT2D eigenvalue weighted by atomic mass is 32.2. The topological polar surface area (TPSA) is 101 Å². The fourth-order valence-electron chi connectivity index (χ4n) is 3.55. The van der Waals surface area contributed by atoms with E-state index in [0.29, 0.717) is 0 Å². The summed E-state index contributed by atoms with van der Waals surface area (Å²) in [5.74, 6) is 0. The van der Waals surface area contributed by atoms with Crippen molar-refractivity contribution in [2.75, 3.05) is 13.7 Å². The van der Waals surface area contributed by atoms with Crippen LogP contribution in [0.5, 0.6) is 0 Å². The van der Waals surface area contributed by atoms with Crippen LogP contribution < -0.4 is 0 Å². The average molecular weight is 436 g/mol. The molecule has 0 spiro atoms. The van der Waals surface area contributed by atoms with Gasteiger partial charge in [-0.05, 0) is 19.1 Å². The van der Waals surface area contributed by atoms with Crippen LogP contribution in [-0.4, -0.2) is 57.9 Å². The molecule has 30 heavy (non-hydrogen) atoms. The van der Waals surface area contributed by atoms with Crippen LogP contribution in [-0.2, 0) is 33.2 Å². The van der Waals surface area contributed by atoms with Crippen molar-refractivity contribution in [1.82, 2.24) is 0 Å². The van der Waals surface area contributed by atoms with Crippen LogP contribution in [0, 0.1) is 6.92 Å².